The lowest BCUT2D eigenvalue weighted by Gasteiger charge is -2.15. The Morgan fingerprint density at radius 3 is 2.81 bits per heavy atom. The first-order valence-corrected chi connectivity index (χ1v) is 6.38. The lowest BCUT2D eigenvalue weighted by molar-refractivity contribution is 0.460. The van der Waals surface area contributed by atoms with Crippen molar-refractivity contribution in [3.8, 4) is 0 Å². The molecular weight excluding hydrogens is 198 g/mol. The minimum Gasteiger partial charge on any atom is -0.333 e. The Kier molecular flexibility index (Phi) is 3.64. The highest BCUT2D eigenvalue weighted by Crippen LogP contribution is 2.31. The summed E-state index contributed by atoms with van der Waals surface area (Å²) in [6.45, 7) is 8.65. The van der Waals surface area contributed by atoms with Gasteiger partial charge >= 0.3 is 0 Å². The second-order valence-corrected chi connectivity index (χ2v) is 5.15. The van der Waals surface area contributed by atoms with E-state index in [9.17, 15) is 0 Å². The Hall–Kier alpha value is -0.830. The van der Waals surface area contributed by atoms with Crippen LogP contribution in [0.3, 0.4) is 0 Å². The van der Waals surface area contributed by atoms with Crippen molar-refractivity contribution in [2.24, 2.45) is 5.92 Å². The van der Waals surface area contributed by atoms with Crippen LogP contribution in [0.15, 0.2) is 6.33 Å². The van der Waals surface area contributed by atoms with Crippen molar-refractivity contribution in [1.29, 1.82) is 0 Å². The van der Waals surface area contributed by atoms with E-state index in [1.165, 1.54) is 31.5 Å². The smallest absolute Gasteiger partial charge is 0.0951 e. The van der Waals surface area contributed by atoms with Crippen LogP contribution in [0.5, 0.6) is 0 Å². The molecule has 0 aliphatic heterocycles. The van der Waals surface area contributed by atoms with E-state index >= 15 is 0 Å². The number of hydrogen-bond acceptors (Lipinski definition) is 2. The zero-order valence-electron chi connectivity index (χ0n) is 10.7. The number of nitrogens with zero attached hydrogens (tertiary/aromatic N) is 2. The van der Waals surface area contributed by atoms with Crippen molar-refractivity contribution >= 4 is 0 Å². The highest BCUT2D eigenvalue weighted by Gasteiger charge is 2.20. The molecule has 1 atom stereocenters. The van der Waals surface area contributed by atoms with Gasteiger partial charge in [0.1, 0.15) is 0 Å². The molecule has 1 fully saturated rings. The Labute approximate surface area is 98.3 Å². The van der Waals surface area contributed by atoms with Crippen LogP contribution < -0.4 is 5.32 Å². The van der Waals surface area contributed by atoms with Gasteiger partial charge in [0.05, 0.1) is 12.0 Å². The average molecular weight is 221 g/mol. The summed E-state index contributed by atoms with van der Waals surface area (Å²) in [5.41, 5.74) is 2.43. The molecule has 1 aromatic heterocycles. The number of hydrogen-bond donors (Lipinski definition) is 1. The molecule has 0 saturated heterocycles. The Bertz CT molecular complexity index is 339. The van der Waals surface area contributed by atoms with Crippen molar-refractivity contribution < 1.29 is 0 Å². The zero-order valence-corrected chi connectivity index (χ0v) is 10.7. The van der Waals surface area contributed by atoms with Crippen molar-refractivity contribution in [2.45, 2.75) is 52.6 Å². The molecule has 1 aromatic rings. The fraction of sp³-hybridized carbons (Fsp3) is 0.769. The lowest BCUT2D eigenvalue weighted by Crippen LogP contribution is -2.31. The van der Waals surface area contributed by atoms with Crippen LogP contribution in [0.4, 0.5) is 0 Å². The van der Waals surface area contributed by atoms with E-state index in [-0.39, 0.29) is 0 Å². The van der Waals surface area contributed by atoms with Gasteiger partial charge in [-0.05, 0) is 39.7 Å². The molecule has 16 heavy (non-hydrogen) atoms. The van der Waals surface area contributed by atoms with Gasteiger partial charge < -0.3 is 9.88 Å². The van der Waals surface area contributed by atoms with Gasteiger partial charge in [0.2, 0.25) is 0 Å². The second kappa shape index (κ2) is 5.00. The Balaban J connectivity index is 1.72. The summed E-state index contributed by atoms with van der Waals surface area (Å²) in [6, 6.07) is 0.533. The van der Waals surface area contributed by atoms with E-state index < -0.39 is 0 Å². The standard InChI is InChI=1S/C13H23N3/c1-10(14-7-6-13-4-5-13)8-16-9-15-11(2)12(16)3/h9-10,13-14H,4-8H2,1-3H3. The van der Waals surface area contributed by atoms with Gasteiger partial charge in [-0.1, -0.05) is 12.8 Å². The number of imidazole rings is 1. The summed E-state index contributed by atoms with van der Waals surface area (Å²) in [6.07, 6.45) is 6.21. The third-order valence-electron chi connectivity index (χ3n) is 3.56. The molecule has 0 radical (unpaired) electrons. The predicted molar refractivity (Wildman–Crippen MR) is 66.5 cm³/mol. The van der Waals surface area contributed by atoms with Crippen LogP contribution in [0.25, 0.3) is 0 Å². The first-order chi connectivity index (χ1) is 7.66. The van der Waals surface area contributed by atoms with E-state index in [4.69, 9.17) is 0 Å². The summed E-state index contributed by atoms with van der Waals surface area (Å²) < 4.78 is 2.24. The normalized spacial score (nSPS) is 17.7. The van der Waals surface area contributed by atoms with Crippen LogP contribution in [0, 0.1) is 19.8 Å². The molecule has 0 aromatic carbocycles. The molecule has 0 bridgehead atoms. The Morgan fingerprint density at radius 1 is 1.50 bits per heavy atom. The SMILES string of the molecule is Cc1ncn(CC(C)NCCC2CC2)c1C. The van der Waals surface area contributed by atoms with Crippen molar-refractivity contribution in [3.05, 3.63) is 17.7 Å². The summed E-state index contributed by atoms with van der Waals surface area (Å²) in [7, 11) is 0. The molecule has 1 N–H and O–H groups in total. The average Bonchev–Trinajstić information content (AvgIpc) is 3.01. The van der Waals surface area contributed by atoms with Gasteiger partial charge in [-0.2, -0.15) is 0 Å². The van der Waals surface area contributed by atoms with Gasteiger partial charge in [-0.25, -0.2) is 4.98 Å². The van der Waals surface area contributed by atoms with Crippen LogP contribution in [0.2, 0.25) is 0 Å². The van der Waals surface area contributed by atoms with Gasteiger partial charge in [0.15, 0.2) is 0 Å². The second-order valence-electron chi connectivity index (χ2n) is 5.15. The first-order valence-electron chi connectivity index (χ1n) is 6.38. The quantitative estimate of drug-likeness (QED) is 0.798. The molecule has 1 aliphatic carbocycles. The molecule has 3 nitrogen and oxygen atoms in total. The van der Waals surface area contributed by atoms with E-state index in [1.807, 2.05) is 6.33 Å². The van der Waals surface area contributed by atoms with Crippen LogP contribution in [0.1, 0.15) is 37.6 Å². The molecule has 3 heteroatoms. The van der Waals surface area contributed by atoms with E-state index in [0.717, 1.165) is 18.2 Å². The number of rotatable bonds is 6. The molecule has 1 saturated carbocycles. The zero-order chi connectivity index (χ0) is 11.5. The molecule has 1 unspecified atom stereocenters. The minimum atomic E-state index is 0.533. The van der Waals surface area contributed by atoms with E-state index in [0.29, 0.717) is 6.04 Å². The molecule has 1 heterocycles. The summed E-state index contributed by atoms with van der Waals surface area (Å²) in [5.74, 6) is 1.02. The first kappa shape index (κ1) is 11.6. The van der Waals surface area contributed by atoms with Crippen LogP contribution in [-0.2, 0) is 6.54 Å². The van der Waals surface area contributed by atoms with Crippen molar-refractivity contribution in [2.75, 3.05) is 6.54 Å². The lowest BCUT2D eigenvalue weighted by atomic mass is 10.2. The van der Waals surface area contributed by atoms with Gasteiger partial charge in [0.25, 0.3) is 0 Å². The molecule has 0 amide bonds. The Morgan fingerprint density at radius 2 is 2.25 bits per heavy atom. The number of nitrogens with one attached hydrogen (secondary N) is 1. The summed E-state index contributed by atoms with van der Waals surface area (Å²) in [5, 5.41) is 3.59. The van der Waals surface area contributed by atoms with E-state index in [2.05, 4.69) is 35.6 Å². The molecule has 2 rings (SSSR count). The van der Waals surface area contributed by atoms with E-state index in [1.54, 1.807) is 0 Å². The van der Waals surface area contributed by atoms with Crippen LogP contribution in [-0.4, -0.2) is 22.1 Å². The molecule has 0 spiro atoms. The largest absolute Gasteiger partial charge is 0.333 e. The van der Waals surface area contributed by atoms with Crippen molar-refractivity contribution in [3.63, 3.8) is 0 Å². The van der Waals surface area contributed by atoms with Gasteiger partial charge in [-0.3, -0.25) is 0 Å². The van der Waals surface area contributed by atoms with Gasteiger partial charge in [0, 0.05) is 18.3 Å². The fourth-order valence-electron chi connectivity index (χ4n) is 2.03. The number of aryl methyl sites for hydroxylation is 1. The number of aromatic nitrogens is 2. The third kappa shape index (κ3) is 3.08. The minimum absolute atomic E-state index is 0.533. The van der Waals surface area contributed by atoms with Gasteiger partial charge in [-0.15, -0.1) is 0 Å². The van der Waals surface area contributed by atoms with Crippen LogP contribution >= 0.6 is 0 Å². The van der Waals surface area contributed by atoms with Crippen molar-refractivity contribution in [1.82, 2.24) is 14.9 Å². The summed E-state index contributed by atoms with van der Waals surface area (Å²) in [4.78, 5) is 4.32. The summed E-state index contributed by atoms with van der Waals surface area (Å²) >= 11 is 0. The topological polar surface area (TPSA) is 29.9 Å². The molecular formula is C13H23N3. The fourth-order valence-corrected chi connectivity index (χ4v) is 2.03. The molecule has 90 valence electrons. The highest BCUT2D eigenvalue weighted by atomic mass is 15.1. The maximum atomic E-state index is 4.32. The predicted octanol–water partition coefficient (Wildman–Crippen LogP) is 2.28. The third-order valence-corrected chi connectivity index (χ3v) is 3.56. The highest BCUT2D eigenvalue weighted by molar-refractivity contribution is 5.08. The molecule has 1 aliphatic rings. The monoisotopic (exact) mass is 221 g/mol. The maximum Gasteiger partial charge on any atom is 0.0951 e. The maximum absolute atomic E-state index is 4.32.